The molecule has 1 aromatic carbocycles. The summed E-state index contributed by atoms with van der Waals surface area (Å²) >= 11 is 0. The number of aliphatic hydroxyl groups excluding tert-OH is 1. The SMILES string of the molecule is OC(CC1CCOC1)c1cc(F)ccc1F. The van der Waals surface area contributed by atoms with Gasteiger partial charge in [-0.05, 0) is 37.0 Å². The summed E-state index contributed by atoms with van der Waals surface area (Å²) in [7, 11) is 0. The van der Waals surface area contributed by atoms with E-state index in [1.165, 1.54) is 0 Å². The monoisotopic (exact) mass is 228 g/mol. The third-order valence-electron chi connectivity index (χ3n) is 2.90. The minimum Gasteiger partial charge on any atom is -0.388 e. The van der Waals surface area contributed by atoms with Gasteiger partial charge in [-0.3, -0.25) is 0 Å². The quantitative estimate of drug-likeness (QED) is 0.861. The maximum atomic E-state index is 13.3. The molecule has 1 heterocycles. The average molecular weight is 228 g/mol. The van der Waals surface area contributed by atoms with E-state index < -0.39 is 17.7 Å². The van der Waals surface area contributed by atoms with Gasteiger partial charge in [-0.15, -0.1) is 0 Å². The predicted octanol–water partition coefficient (Wildman–Crippen LogP) is 2.42. The van der Waals surface area contributed by atoms with Crippen LogP contribution in [0.5, 0.6) is 0 Å². The fraction of sp³-hybridized carbons (Fsp3) is 0.500. The molecule has 0 radical (unpaired) electrons. The van der Waals surface area contributed by atoms with Crippen molar-refractivity contribution in [2.45, 2.75) is 18.9 Å². The van der Waals surface area contributed by atoms with Gasteiger partial charge in [0.05, 0.1) is 6.10 Å². The number of hydrogen-bond donors (Lipinski definition) is 1. The summed E-state index contributed by atoms with van der Waals surface area (Å²) in [6.45, 7) is 1.27. The lowest BCUT2D eigenvalue weighted by atomic mass is 9.96. The van der Waals surface area contributed by atoms with Crippen molar-refractivity contribution in [2.24, 2.45) is 5.92 Å². The van der Waals surface area contributed by atoms with E-state index in [0.29, 0.717) is 19.6 Å². The van der Waals surface area contributed by atoms with Crippen LogP contribution in [0.2, 0.25) is 0 Å². The third kappa shape index (κ3) is 2.57. The maximum absolute atomic E-state index is 13.3. The standard InChI is InChI=1S/C12H14F2O2/c13-9-1-2-11(14)10(6-9)12(15)5-8-3-4-16-7-8/h1-2,6,8,12,15H,3-5,7H2. The summed E-state index contributed by atoms with van der Waals surface area (Å²) in [6.07, 6.45) is 0.330. The predicted molar refractivity (Wildman–Crippen MR) is 54.9 cm³/mol. The zero-order valence-corrected chi connectivity index (χ0v) is 8.83. The highest BCUT2D eigenvalue weighted by Gasteiger charge is 2.22. The lowest BCUT2D eigenvalue weighted by Gasteiger charge is -2.15. The topological polar surface area (TPSA) is 29.5 Å². The minimum absolute atomic E-state index is 0.0342. The van der Waals surface area contributed by atoms with E-state index >= 15 is 0 Å². The first-order valence-corrected chi connectivity index (χ1v) is 5.37. The molecule has 0 bridgehead atoms. The largest absolute Gasteiger partial charge is 0.388 e. The van der Waals surface area contributed by atoms with Crippen LogP contribution in [0.3, 0.4) is 0 Å². The molecular weight excluding hydrogens is 214 g/mol. The molecule has 1 fully saturated rings. The number of benzene rings is 1. The number of aliphatic hydroxyl groups is 1. The number of halogens is 2. The molecule has 16 heavy (non-hydrogen) atoms. The van der Waals surface area contributed by atoms with Crippen molar-refractivity contribution in [3.8, 4) is 0 Å². The van der Waals surface area contributed by atoms with E-state index in [0.717, 1.165) is 24.6 Å². The van der Waals surface area contributed by atoms with E-state index in [2.05, 4.69) is 0 Å². The number of ether oxygens (including phenoxy) is 1. The summed E-state index contributed by atoms with van der Waals surface area (Å²) in [5, 5.41) is 9.82. The van der Waals surface area contributed by atoms with Crippen LogP contribution in [0.4, 0.5) is 8.78 Å². The molecule has 1 aliphatic rings. The first-order chi connectivity index (χ1) is 7.66. The van der Waals surface area contributed by atoms with Crippen molar-refractivity contribution in [1.29, 1.82) is 0 Å². The molecule has 1 aromatic rings. The van der Waals surface area contributed by atoms with Gasteiger partial charge < -0.3 is 9.84 Å². The van der Waals surface area contributed by atoms with E-state index in [1.807, 2.05) is 0 Å². The highest BCUT2D eigenvalue weighted by atomic mass is 19.1. The normalized spacial score (nSPS) is 22.3. The number of rotatable bonds is 3. The van der Waals surface area contributed by atoms with E-state index in [4.69, 9.17) is 4.74 Å². The smallest absolute Gasteiger partial charge is 0.129 e. The minimum atomic E-state index is -0.956. The van der Waals surface area contributed by atoms with Crippen LogP contribution in [0, 0.1) is 17.6 Å². The van der Waals surface area contributed by atoms with Gasteiger partial charge in [0.25, 0.3) is 0 Å². The lowest BCUT2D eigenvalue weighted by molar-refractivity contribution is 0.126. The maximum Gasteiger partial charge on any atom is 0.129 e. The Morgan fingerprint density at radius 1 is 1.44 bits per heavy atom. The molecule has 0 spiro atoms. The summed E-state index contributed by atoms with van der Waals surface area (Å²) in [6, 6.07) is 3.14. The second-order valence-electron chi connectivity index (χ2n) is 4.15. The van der Waals surface area contributed by atoms with Gasteiger partial charge in [-0.25, -0.2) is 8.78 Å². The van der Waals surface area contributed by atoms with Gasteiger partial charge in [-0.1, -0.05) is 0 Å². The van der Waals surface area contributed by atoms with Crippen LogP contribution < -0.4 is 0 Å². The second kappa shape index (κ2) is 4.89. The molecular formula is C12H14F2O2. The van der Waals surface area contributed by atoms with Gasteiger partial charge in [0.1, 0.15) is 11.6 Å². The van der Waals surface area contributed by atoms with Crippen molar-refractivity contribution in [3.63, 3.8) is 0 Å². The van der Waals surface area contributed by atoms with Crippen molar-refractivity contribution < 1.29 is 18.6 Å². The molecule has 1 saturated heterocycles. The Labute approximate surface area is 92.9 Å². The van der Waals surface area contributed by atoms with Crippen LogP contribution in [-0.4, -0.2) is 18.3 Å². The molecule has 88 valence electrons. The zero-order valence-electron chi connectivity index (χ0n) is 8.83. The lowest BCUT2D eigenvalue weighted by Crippen LogP contribution is -2.09. The first kappa shape index (κ1) is 11.5. The van der Waals surface area contributed by atoms with E-state index in [9.17, 15) is 13.9 Å². The second-order valence-corrected chi connectivity index (χ2v) is 4.15. The molecule has 0 saturated carbocycles. The molecule has 0 aliphatic carbocycles. The van der Waals surface area contributed by atoms with Crippen LogP contribution in [0.25, 0.3) is 0 Å². The van der Waals surface area contributed by atoms with Crippen LogP contribution in [-0.2, 0) is 4.74 Å². The Bertz CT molecular complexity index is 362. The molecule has 0 aromatic heterocycles. The Kier molecular flexibility index (Phi) is 3.51. The fourth-order valence-corrected chi connectivity index (χ4v) is 1.98. The Balaban J connectivity index is 2.07. The Morgan fingerprint density at radius 2 is 2.25 bits per heavy atom. The van der Waals surface area contributed by atoms with Gasteiger partial charge in [-0.2, -0.15) is 0 Å². The molecule has 4 heteroatoms. The van der Waals surface area contributed by atoms with Crippen LogP contribution in [0.15, 0.2) is 18.2 Å². The highest BCUT2D eigenvalue weighted by Crippen LogP contribution is 2.28. The third-order valence-corrected chi connectivity index (χ3v) is 2.90. The van der Waals surface area contributed by atoms with E-state index in [1.54, 1.807) is 0 Å². The Hall–Kier alpha value is -1.00. The van der Waals surface area contributed by atoms with Gasteiger partial charge in [0.2, 0.25) is 0 Å². The Morgan fingerprint density at radius 3 is 2.94 bits per heavy atom. The number of hydrogen-bond acceptors (Lipinski definition) is 2. The molecule has 2 atom stereocenters. The molecule has 2 unspecified atom stereocenters. The van der Waals surface area contributed by atoms with E-state index in [-0.39, 0.29) is 11.5 Å². The van der Waals surface area contributed by atoms with Crippen molar-refractivity contribution in [1.82, 2.24) is 0 Å². The highest BCUT2D eigenvalue weighted by molar-refractivity contribution is 5.21. The van der Waals surface area contributed by atoms with Gasteiger partial charge in [0.15, 0.2) is 0 Å². The van der Waals surface area contributed by atoms with Crippen molar-refractivity contribution in [3.05, 3.63) is 35.4 Å². The summed E-state index contributed by atoms with van der Waals surface area (Å²) < 4.78 is 31.4. The van der Waals surface area contributed by atoms with Crippen LogP contribution >= 0.6 is 0 Å². The summed E-state index contributed by atoms with van der Waals surface area (Å²) in [5.41, 5.74) is 0.0342. The molecule has 1 aliphatic heterocycles. The average Bonchev–Trinajstić information content (AvgIpc) is 2.74. The molecule has 2 rings (SSSR count). The van der Waals surface area contributed by atoms with Crippen molar-refractivity contribution in [2.75, 3.05) is 13.2 Å². The first-order valence-electron chi connectivity index (χ1n) is 5.37. The molecule has 0 amide bonds. The van der Waals surface area contributed by atoms with Gasteiger partial charge in [0, 0.05) is 18.8 Å². The zero-order chi connectivity index (χ0) is 11.5. The molecule has 2 nitrogen and oxygen atoms in total. The van der Waals surface area contributed by atoms with Crippen LogP contribution in [0.1, 0.15) is 24.5 Å². The van der Waals surface area contributed by atoms with Gasteiger partial charge >= 0.3 is 0 Å². The summed E-state index contributed by atoms with van der Waals surface area (Å²) in [4.78, 5) is 0. The molecule has 1 N–H and O–H groups in total. The fourth-order valence-electron chi connectivity index (χ4n) is 1.98. The van der Waals surface area contributed by atoms with Crippen molar-refractivity contribution >= 4 is 0 Å². The summed E-state index contributed by atoms with van der Waals surface area (Å²) in [5.74, 6) is -0.858.